The van der Waals surface area contributed by atoms with Crippen LogP contribution >= 0.6 is 11.3 Å². The van der Waals surface area contributed by atoms with Crippen LogP contribution in [0.4, 0.5) is 5.95 Å². The smallest absolute Gasteiger partial charge is 0.202 e. The molecule has 6 heteroatoms. The van der Waals surface area contributed by atoms with Crippen molar-refractivity contribution in [3.63, 3.8) is 0 Å². The highest BCUT2D eigenvalue weighted by molar-refractivity contribution is 7.09. The molecule has 0 atom stereocenters. The number of hydrogen-bond donors (Lipinski definition) is 1. The van der Waals surface area contributed by atoms with E-state index in [0.29, 0.717) is 12.5 Å². The molecule has 0 bridgehead atoms. The standard InChI is InChI=1S/C11H11N5S/c1-7-14-8(6-17-7)5-16-10-9(15-11(16)12)3-2-4-13-10/h2-4,6H,5H2,1H3,(H2,12,15). The lowest BCUT2D eigenvalue weighted by Gasteiger charge is -2.02. The number of hydrogen-bond acceptors (Lipinski definition) is 5. The second-order valence-electron chi connectivity index (χ2n) is 3.76. The molecule has 0 saturated heterocycles. The van der Waals surface area contributed by atoms with E-state index in [2.05, 4.69) is 15.0 Å². The average molecular weight is 245 g/mol. The maximum Gasteiger partial charge on any atom is 0.202 e. The van der Waals surface area contributed by atoms with Gasteiger partial charge in [-0.1, -0.05) is 0 Å². The first-order valence-electron chi connectivity index (χ1n) is 5.22. The second kappa shape index (κ2) is 3.81. The molecule has 0 saturated carbocycles. The predicted octanol–water partition coefficient (Wildman–Crippen LogP) is 1.83. The van der Waals surface area contributed by atoms with Crippen molar-refractivity contribution in [1.82, 2.24) is 19.5 Å². The number of aryl methyl sites for hydroxylation is 1. The fourth-order valence-electron chi connectivity index (χ4n) is 1.77. The van der Waals surface area contributed by atoms with Crippen LogP contribution in [0.25, 0.3) is 11.2 Å². The Hall–Kier alpha value is -1.95. The highest BCUT2D eigenvalue weighted by Gasteiger charge is 2.10. The van der Waals surface area contributed by atoms with Crippen LogP contribution in [0, 0.1) is 6.92 Å². The molecule has 2 N–H and O–H groups in total. The lowest BCUT2D eigenvalue weighted by molar-refractivity contribution is 0.804. The lowest BCUT2D eigenvalue weighted by atomic mass is 10.4. The first-order chi connectivity index (χ1) is 8.24. The van der Waals surface area contributed by atoms with Gasteiger partial charge in [0.05, 0.1) is 17.2 Å². The van der Waals surface area contributed by atoms with Gasteiger partial charge in [0.1, 0.15) is 5.52 Å². The van der Waals surface area contributed by atoms with Gasteiger partial charge in [0, 0.05) is 11.6 Å². The summed E-state index contributed by atoms with van der Waals surface area (Å²) in [5.41, 5.74) is 8.50. The molecule has 3 heterocycles. The van der Waals surface area contributed by atoms with Crippen LogP contribution in [0.1, 0.15) is 10.7 Å². The number of nitrogen functional groups attached to an aromatic ring is 1. The van der Waals surface area contributed by atoms with Gasteiger partial charge in [-0.25, -0.2) is 15.0 Å². The number of anilines is 1. The average Bonchev–Trinajstić information content (AvgIpc) is 2.85. The third-order valence-electron chi connectivity index (χ3n) is 2.52. The molecule has 0 aromatic carbocycles. The van der Waals surface area contributed by atoms with Gasteiger partial charge in [0.25, 0.3) is 0 Å². The first-order valence-corrected chi connectivity index (χ1v) is 6.10. The van der Waals surface area contributed by atoms with Crippen LogP contribution in [0.3, 0.4) is 0 Å². The lowest BCUT2D eigenvalue weighted by Crippen LogP contribution is -2.05. The zero-order valence-corrected chi connectivity index (χ0v) is 10.1. The van der Waals surface area contributed by atoms with Crippen molar-refractivity contribution in [2.45, 2.75) is 13.5 Å². The van der Waals surface area contributed by atoms with Gasteiger partial charge < -0.3 is 5.73 Å². The van der Waals surface area contributed by atoms with E-state index >= 15 is 0 Å². The van der Waals surface area contributed by atoms with Crippen molar-refractivity contribution in [2.24, 2.45) is 0 Å². The Balaban J connectivity index is 2.08. The summed E-state index contributed by atoms with van der Waals surface area (Å²) in [6, 6.07) is 3.76. The second-order valence-corrected chi connectivity index (χ2v) is 4.82. The van der Waals surface area contributed by atoms with Crippen LogP contribution in [0.15, 0.2) is 23.7 Å². The molecule has 17 heavy (non-hydrogen) atoms. The third-order valence-corrected chi connectivity index (χ3v) is 3.34. The van der Waals surface area contributed by atoms with Crippen LogP contribution in [-0.4, -0.2) is 19.5 Å². The van der Waals surface area contributed by atoms with Crippen LogP contribution < -0.4 is 5.73 Å². The zero-order valence-electron chi connectivity index (χ0n) is 9.29. The minimum absolute atomic E-state index is 0.476. The van der Waals surface area contributed by atoms with E-state index in [1.54, 1.807) is 17.5 Å². The highest BCUT2D eigenvalue weighted by atomic mass is 32.1. The number of nitrogens with zero attached hydrogens (tertiary/aromatic N) is 4. The van der Waals surface area contributed by atoms with Gasteiger partial charge >= 0.3 is 0 Å². The van der Waals surface area contributed by atoms with Gasteiger partial charge in [0.2, 0.25) is 5.95 Å². The van der Waals surface area contributed by atoms with E-state index in [9.17, 15) is 0 Å². The van der Waals surface area contributed by atoms with Gasteiger partial charge in [-0.3, -0.25) is 4.57 Å². The van der Waals surface area contributed by atoms with E-state index in [-0.39, 0.29) is 0 Å². The van der Waals surface area contributed by atoms with E-state index in [4.69, 9.17) is 5.73 Å². The summed E-state index contributed by atoms with van der Waals surface area (Å²) in [5.74, 6) is 0.476. The molecule has 0 radical (unpaired) electrons. The summed E-state index contributed by atoms with van der Waals surface area (Å²) in [5, 5.41) is 3.08. The molecule has 0 amide bonds. The van der Waals surface area contributed by atoms with Crippen LogP contribution in [0.2, 0.25) is 0 Å². The molecular weight excluding hydrogens is 234 g/mol. The number of imidazole rings is 1. The van der Waals surface area contributed by atoms with Gasteiger partial charge in [-0.2, -0.15) is 0 Å². The van der Waals surface area contributed by atoms with Gasteiger partial charge in [-0.15, -0.1) is 11.3 Å². The van der Waals surface area contributed by atoms with Crippen LogP contribution in [-0.2, 0) is 6.54 Å². The van der Waals surface area contributed by atoms with Crippen molar-refractivity contribution < 1.29 is 0 Å². The first kappa shape index (κ1) is 10.2. The van der Waals surface area contributed by atoms with Crippen molar-refractivity contribution in [2.75, 3.05) is 5.73 Å². The van der Waals surface area contributed by atoms with Crippen LogP contribution in [0.5, 0.6) is 0 Å². The summed E-state index contributed by atoms with van der Waals surface area (Å²) < 4.78 is 1.88. The number of fused-ring (bicyclic) bond motifs is 1. The maximum atomic E-state index is 5.90. The Bertz CT molecular complexity index is 669. The Morgan fingerprint density at radius 2 is 2.29 bits per heavy atom. The van der Waals surface area contributed by atoms with Gasteiger partial charge in [-0.05, 0) is 19.1 Å². The molecule has 3 aromatic rings. The molecule has 0 unspecified atom stereocenters. The number of pyridine rings is 1. The van der Waals surface area contributed by atoms with E-state index in [0.717, 1.165) is 21.9 Å². The Morgan fingerprint density at radius 3 is 3.06 bits per heavy atom. The fourth-order valence-corrected chi connectivity index (χ4v) is 2.38. The zero-order chi connectivity index (χ0) is 11.8. The summed E-state index contributed by atoms with van der Waals surface area (Å²) in [6.07, 6.45) is 1.74. The quantitative estimate of drug-likeness (QED) is 0.747. The van der Waals surface area contributed by atoms with E-state index in [1.165, 1.54) is 0 Å². The minimum atomic E-state index is 0.476. The number of thiazole rings is 1. The van der Waals surface area contributed by atoms with Crippen molar-refractivity contribution in [1.29, 1.82) is 0 Å². The highest BCUT2D eigenvalue weighted by Crippen LogP contribution is 2.17. The van der Waals surface area contributed by atoms with E-state index < -0.39 is 0 Å². The Labute approximate surface area is 102 Å². The summed E-state index contributed by atoms with van der Waals surface area (Å²) in [6.45, 7) is 2.60. The molecule has 3 rings (SSSR count). The summed E-state index contributed by atoms with van der Waals surface area (Å²) in [7, 11) is 0. The molecule has 0 aliphatic heterocycles. The summed E-state index contributed by atoms with van der Waals surface area (Å²) in [4.78, 5) is 13.0. The number of rotatable bonds is 2. The molecule has 0 spiro atoms. The topological polar surface area (TPSA) is 69.6 Å². The number of nitrogens with two attached hydrogens (primary N) is 1. The molecular formula is C11H11N5S. The van der Waals surface area contributed by atoms with E-state index in [1.807, 2.05) is 29.0 Å². The summed E-state index contributed by atoms with van der Waals surface area (Å²) >= 11 is 1.63. The molecule has 5 nitrogen and oxygen atoms in total. The molecule has 3 aromatic heterocycles. The van der Waals surface area contributed by atoms with Crippen molar-refractivity contribution in [3.05, 3.63) is 34.4 Å². The Morgan fingerprint density at radius 1 is 1.41 bits per heavy atom. The third kappa shape index (κ3) is 1.76. The normalized spacial score (nSPS) is 11.1. The minimum Gasteiger partial charge on any atom is -0.369 e. The van der Waals surface area contributed by atoms with Crippen molar-refractivity contribution in [3.8, 4) is 0 Å². The maximum absolute atomic E-state index is 5.90. The Kier molecular flexibility index (Phi) is 2.29. The predicted molar refractivity (Wildman–Crippen MR) is 67.9 cm³/mol. The molecule has 0 aliphatic rings. The van der Waals surface area contributed by atoms with Crippen molar-refractivity contribution >= 4 is 28.4 Å². The number of aromatic nitrogens is 4. The monoisotopic (exact) mass is 245 g/mol. The SMILES string of the molecule is Cc1nc(Cn2c(N)nc3cccnc32)cs1. The fraction of sp³-hybridized carbons (Fsp3) is 0.182. The molecule has 0 fully saturated rings. The molecule has 86 valence electrons. The molecule has 0 aliphatic carbocycles. The largest absolute Gasteiger partial charge is 0.369 e. The van der Waals surface area contributed by atoms with Gasteiger partial charge in [0.15, 0.2) is 5.65 Å².